The van der Waals surface area contributed by atoms with Crippen LogP contribution in [-0.4, -0.2) is 49.2 Å². The van der Waals surface area contributed by atoms with Crippen LogP contribution in [0.4, 0.5) is 11.4 Å². The molecule has 1 aromatic carbocycles. The number of nitrogens with zero attached hydrogens (tertiary/aromatic N) is 5. The lowest BCUT2D eigenvalue weighted by atomic mass is 10.1. The van der Waals surface area contributed by atoms with E-state index >= 15 is 0 Å². The van der Waals surface area contributed by atoms with Crippen LogP contribution in [0.25, 0.3) is 0 Å². The highest BCUT2D eigenvalue weighted by atomic mass is 16.4. The van der Waals surface area contributed by atoms with Crippen molar-refractivity contribution in [3.05, 3.63) is 35.0 Å². The van der Waals surface area contributed by atoms with Crippen molar-refractivity contribution in [3.8, 4) is 18.2 Å². The van der Waals surface area contributed by atoms with E-state index in [1.807, 2.05) is 7.05 Å². The van der Waals surface area contributed by atoms with Crippen LogP contribution >= 0.6 is 0 Å². The van der Waals surface area contributed by atoms with Gasteiger partial charge in [-0.15, -0.1) is 0 Å². The van der Waals surface area contributed by atoms with E-state index in [1.165, 1.54) is 6.07 Å². The molecule has 0 aliphatic carbocycles. The molecule has 2 N–H and O–H groups in total. The normalized spacial score (nSPS) is 13.9. The number of benzene rings is 1. The SMILES string of the molecule is CN1CCN(c2ccc(NC(C#N)=C(C#N)C#N)c(C(=O)O)c2)CC1. The van der Waals surface area contributed by atoms with Crippen molar-refractivity contribution in [1.29, 1.82) is 15.8 Å². The van der Waals surface area contributed by atoms with Gasteiger partial charge in [0.25, 0.3) is 0 Å². The zero-order chi connectivity index (χ0) is 18.4. The van der Waals surface area contributed by atoms with E-state index in [0.29, 0.717) is 0 Å². The fourth-order valence-corrected chi connectivity index (χ4v) is 2.50. The quantitative estimate of drug-likeness (QED) is 0.789. The maximum atomic E-state index is 11.6. The van der Waals surface area contributed by atoms with Crippen molar-refractivity contribution in [1.82, 2.24) is 4.90 Å². The number of hydrogen-bond donors (Lipinski definition) is 2. The summed E-state index contributed by atoms with van der Waals surface area (Å²) in [6.07, 6.45) is 0. The van der Waals surface area contributed by atoms with E-state index in [1.54, 1.807) is 30.3 Å². The summed E-state index contributed by atoms with van der Waals surface area (Å²) in [6.45, 7) is 3.35. The Hall–Kier alpha value is -3.54. The highest BCUT2D eigenvalue weighted by Crippen LogP contribution is 2.26. The van der Waals surface area contributed by atoms with Gasteiger partial charge in [-0.3, -0.25) is 0 Å². The molecule has 0 saturated carbocycles. The number of rotatable bonds is 4. The molecule has 25 heavy (non-hydrogen) atoms. The van der Waals surface area contributed by atoms with Crippen molar-refractivity contribution in [2.75, 3.05) is 43.4 Å². The monoisotopic (exact) mass is 336 g/mol. The molecule has 1 saturated heterocycles. The number of nitriles is 3. The van der Waals surface area contributed by atoms with Crippen molar-refractivity contribution >= 4 is 17.3 Å². The summed E-state index contributed by atoms with van der Waals surface area (Å²) < 4.78 is 0. The van der Waals surface area contributed by atoms with E-state index in [9.17, 15) is 9.90 Å². The van der Waals surface area contributed by atoms with Gasteiger partial charge in [-0.2, -0.15) is 15.8 Å². The first-order valence-electron chi connectivity index (χ1n) is 7.52. The second-order valence-electron chi connectivity index (χ2n) is 5.54. The molecule has 0 aromatic heterocycles. The van der Waals surface area contributed by atoms with Crippen LogP contribution in [0.15, 0.2) is 29.5 Å². The van der Waals surface area contributed by atoms with Crippen molar-refractivity contribution in [2.24, 2.45) is 0 Å². The summed E-state index contributed by atoms with van der Waals surface area (Å²) >= 11 is 0. The molecule has 1 fully saturated rings. The minimum absolute atomic E-state index is 0.0283. The van der Waals surface area contributed by atoms with Crippen molar-refractivity contribution < 1.29 is 9.90 Å². The van der Waals surface area contributed by atoms with Gasteiger partial charge in [0.1, 0.15) is 23.9 Å². The standard InChI is InChI=1S/C17H16N6O2/c1-22-4-6-23(7-5-22)13-2-3-15(14(8-13)17(24)25)21-16(11-20)12(9-18)10-19/h2-3,8,21H,4-7H2,1H3,(H,24,25). The van der Waals surface area contributed by atoms with Crippen molar-refractivity contribution in [3.63, 3.8) is 0 Å². The molecule has 1 aliphatic heterocycles. The lowest BCUT2D eigenvalue weighted by molar-refractivity contribution is 0.0698. The Labute approximate surface area is 145 Å². The number of piperazine rings is 1. The highest BCUT2D eigenvalue weighted by Gasteiger charge is 2.19. The predicted molar refractivity (Wildman–Crippen MR) is 90.6 cm³/mol. The molecule has 1 heterocycles. The Morgan fingerprint density at radius 3 is 2.28 bits per heavy atom. The van der Waals surface area contributed by atoms with Gasteiger partial charge in [0.2, 0.25) is 0 Å². The van der Waals surface area contributed by atoms with Crippen LogP contribution in [-0.2, 0) is 0 Å². The number of carbonyl (C=O) groups is 1. The molecule has 126 valence electrons. The third kappa shape index (κ3) is 4.06. The zero-order valence-corrected chi connectivity index (χ0v) is 13.7. The number of nitrogens with one attached hydrogen (secondary N) is 1. The Morgan fingerprint density at radius 2 is 1.76 bits per heavy atom. The average molecular weight is 336 g/mol. The number of carboxylic acid groups (broad SMARTS) is 1. The van der Waals surface area contributed by atoms with E-state index in [4.69, 9.17) is 15.8 Å². The van der Waals surface area contributed by atoms with Crippen LogP contribution in [0.5, 0.6) is 0 Å². The van der Waals surface area contributed by atoms with Gasteiger partial charge in [-0.25, -0.2) is 4.79 Å². The van der Waals surface area contributed by atoms with Crippen LogP contribution in [0, 0.1) is 34.0 Å². The molecular weight excluding hydrogens is 320 g/mol. The van der Waals surface area contributed by atoms with Crippen LogP contribution in [0.1, 0.15) is 10.4 Å². The Bertz CT molecular complexity index is 816. The summed E-state index contributed by atoms with van der Waals surface area (Å²) in [7, 11) is 2.03. The maximum absolute atomic E-state index is 11.6. The first kappa shape index (κ1) is 17.8. The Kier molecular flexibility index (Phi) is 5.58. The molecule has 0 radical (unpaired) electrons. The fraction of sp³-hybridized carbons (Fsp3) is 0.294. The topological polar surface area (TPSA) is 127 Å². The minimum atomic E-state index is -1.16. The summed E-state index contributed by atoms with van der Waals surface area (Å²) in [5.74, 6) is -1.16. The average Bonchev–Trinajstić information content (AvgIpc) is 2.62. The van der Waals surface area contributed by atoms with E-state index in [-0.39, 0.29) is 16.9 Å². The van der Waals surface area contributed by atoms with Gasteiger partial charge < -0.3 is 20.2 Å². The van der Waals surface area contributed by atoms with E-state index < -0.39 is 11.5 Å². The van der Waals surface area contributed by atoms with Gasteiger partial charge in [-0.05, 0) is 25.2 Å². The van der Waals surface area contributed by atoms with Gasteiger partial charge in [0.15, 0.2) is 5.57 Å². The molecule has 0 bridgehead atoms. The first-order chi connectivity index (χ1) is 12.0. The number of allylic oxidation sites excluding steroid dienone is 2. The van der Waals surface area contributed by atoms with Crippen LogP contribution in [0.2, 0.25) is 0 Å². The van der Waals surface area contributed by atoms with E-state index in [0.717, 1.165) is 31.9 Å². The third-order valence-corrected chi connectivity index (χ3v) is 3.95. The first-order valence-corrected chi connectivity index (χ1v) is 7.52. The maximum Gasteiger partial charge on any atom is 0.337 e. The van der Waals surface area contributed by atoms with Gasteiger partial charge in [0, 0.05) is 31.9 Å². The Morgan fingerprint density at radius 1 is 1.12 bits per heavy atom. The van der Waals surface area contributed by atoms with Gasteiger partial charge in [-0.1, -0.05) is 0 Å². The molecule has 0 unspecified atom stereocenters. The molecule has 0 amide bonds. The molecule has 0 spiro atoms. The van der Waals surface area contributed by atoms with Crippen LogP contribution < -0.4 is 10.2 Å². The second kappa shape index (κ2) is 7.83. The summed E-state index contributed by atoms with van der Waals surface area (Å²) in [5.41, 5.74) is 0.227. The summed E-state index contributed by atoms with van der Waals surface area (Å²) in [5, 5.41) is 38.9. The number of likely N-dealkylation sites (N-methyl/N-ethyl adjacent to an activating group) is 1. The van der Waals surface area contributed by atoms with Crippen molar-refractivity contribution in [2.45, 2.75) is 0 Å². The lowest BCUT2D eigenvalue weighted by Crippen LogP contribution is -2.44. The smallest absolute Gasteiger partial charge is 0.337 e. The number of hydrogen-bond acceptors (Lipinski definition) is 7. The third-order valence-electron chi connectivity index (χ3n) is 3.95. The largest absolute Gasteiger partial charge is 0.478 e. The molecule has 1 aliphatic rings. The molecule has 2 rings (SSSR count). The second-order valence-corrected chi connectivity index (χ2v) is 5.54. The lowest BCUT2D eigenvalue weighted by Gasteiger charge is -2.34. The number of anilines is 2. The van der Waals surface area contributed by atoms with Crippen LogP contribution in [0.3, 0.4) is 0 Å². The fourth-order valence-electron chi connectivity index (χ4n) is 2.50. The molecule has 8 heteroatoms. The molecular formula is C17H16N6O2. The number of carboxylic acids is 1. The summed E-state index contributed by atoms with van der Waals surface area (Å²) in [6, 6.07) is 9.77. The zero-order valence-electron chi connectivity index (χ0n) is 13.7. The summed E-state index contributed by atoms with van der Waals surface area (Å²) in [4.78, 5) is 15.9. The van der Waals surface area contributed by atoms with E-state index in [2.05, 4.69) is 15.1 Å². The predicted octanol–water partition coefficient (Wildman–Crippen LogP) is 1.37. The Balaban J connectivity index is 2.36. The molecule has 8 nitrogen and oxygen atoms in total. The highest BCUT2D eigenvalue weighted by molar-refractivity contribution is 5.96. The number of aromatic carboxylic acids is 1. The van der Waals surface area contributed by atoms with Gasteiger partial charge >= 0.3 is 5.97 Å². The minimum Gasteiger partial charge on any atom is -0.478 e. The van der Waals surface area contributed by atoms with Gasteiger partial charge in [0.05, 0.1) is 11.3 Å². The molecule has 0 atom stereocenters. The molecule has 1 aromatic rings.